The summed E-state index contributed by atoms with van der Waals surface area (Å²) < 4.78 is 1.89. The van der Waals surface area contributed by atoms with Crippen LogP contribution in [-0.4, -0.2) is 45.1 Å². The van der Waals surface area contributed by atoms with E-state index in [1.54, 1.807) is 19.3 Å². The number of fused-ring (bicyclic) bond motifs is 1. The Morgan fingerprint density at radius 2 is 1.74 bits per heavy atom. The summed E-state index contributed by atoms with van der Waals surface area (Å²) in [5, 5.41) is 7.43. The number of aromatic nitrogens is 3. The van der Waals surface area contributed by atoms with Gasteiger partial charge < -0.3 is 10.2 Å². The first-order chi connectivity index (χ1) is 14.9. The van der Waals surface area contributed by atoms with Crippen molar-refractivity contribution in [2.24, 2.45) is 0 Å². The summed E-state index contributed by atoms with van der Waals surface area (Å²) in [7, 11) is 1.63. The maximum atomic E-state index is 13.2. The number of hydrogen-bond acceptors (Lipinski definition) is 4. The van der Waals surface area contributed by atoms with Crippen LogP contribution in [0.5, 0.6) is 0 Å². The number of likely N-dealkylation sites (N-methyl/N-ethyl adjacent to an activating group) is 1. The molecule has 0 unspecified atom stereocenters. The second-order valence-corrected chi connectivity index (χ2v) is 8.16. The normalized spacial score (nSPS) is 12.9. The van der Waals surface area contributed by atoms with Crippen LogP contribution < -0.4 is 5.32 Å². The molecule has 7 heteroatoms. The second-order valence-electron chi connectivity index (χ2n) is 8.16. The molecule has 0 fully saturated rings. The number of carbonyl (C=O) groups excluding carboxylic acids is 2. The zero-order valence-corrected chi connectivity index (χ0v) is 18.2. The number of nitrogens with zero attached hydrogens (tertiary/aromatic N) is 4. The van der Waals surface area contributed by atoms with E-state index in [0.29, 0.717) is 11.5 Å². The molecule has 0 aliphatic heterocycles. The van der Waals surface area contributed by atoms with E-state index in [-0.39, 0.29) is 18.4 Å². The van der Waals surface area contributed by atoms with Crippen molar-refractivity contribution in [3.63, 3.8) is 0 Å². The number of anilines is 1. The molecule has 7 nitrogen and oxygen atoms in total. The maximum Gasteiger partial charge on any atom is 0.274 e. The third-order valence-corrected chi connectivity index (χ3v) is 5.57. The summed E-state index contributed by atoms with van der Waals surface area (Å²) in [4.78, 5) is 31.2. The molecule has 0 saturated carbocycles. The number of amides is 2. The average Bonchev–Trinajstić information content (AvgIpc) is 3.15. The Hall–Kier alpha value is -3.48. The first-order valence-electron chi connectivity index (χ1n) is 10.6. The first-order valence-corrected chi connectivity index (χ1v) is 10.6. The van der Waals surface area contributed by atoms with E-state index in [1.807, 2.05) is 48.9 Å². The lowest BCUT2D eigenvalue weighted by Crippen LogP contribution is -2.35. The summed E-state index contributed by atoms with van der Waals surface area (Å²) in [5.74, 6) is -0.0625. The molecule has 2 heterocycles. The van der Waals surface area contributed by atoms with Gasteiger partial charge in [0.15, 0.2) is 5.69 Å². The zero-order chi connectivity index (χ0) is 22.0. The largest absolute Gasteiger partial charge is 0.331 e. The SMILES string of the molecule is Cc1ccc(-n2nc(C(=O)N(C)CC(=O)Nc3ccc(C)cn3)c3c2CCCC3)cc1. The zero-order valence-electron chi connectivity index (χ0n) is 18.2. The van der Waals surface area contributed by atoms with Crippen molar-refractivity contribution in [1.29, 1.82) is 0 Å². The third kappa shape index (κ3) is 4.50. The molecule has 0 radical (unpaired) electrons. The molecule has 31 heavy (non-hydrogen) atoms. The Balaban J connectivity index is 1.54. The Kier molecular flexibility index (Phi) is 5.84. The van der Waals surface area contributed by atoms with Crippen molar-refractivity contribution >= 4 is 17.6 Å². The van der Waals surface area contributed by atoms with E-state index in [4.69, 9.17) is 5.10 Å². The molecule has 1 N–H and O–H groups in total. The fraction of sp³-hybridized carbons (Fsp3) is 0.333. The van der Waals surface area contributed by atoms with Crippen LogP contribution in [-0.2, 0) is 17.6 Å². The summed E-state index contributed by atoms with van der Waals surface area (Å²) in [6.07, 6.45) is 5.53. The predicted molar refractivity (Wildman–Crippen MR) is 120 cm³/mol. The molecule has 2 amide bonds. The second kappa shape index (κ2) is 8.71. The number of nitrogens with one attached hydrogen (secondary N) is 1. The molecular weight excluding hydrogens is 390 g/mol. The van der Waals surface area contributed by atoms with Gasteiger partial charge in [0.25, 0.3) is 5.91 Å². The molecule has 0 bridgehead atoms. The number of benzene rings is 1. The van der Waals surface area contributed by atoms with Gasteiger partial charge in [-0.3, -0.25) is 9.59 Å². The summed E-state index contributed by atoms with van der Waals surface area (Å²) >= 11 is 0. The fourth-order valence-corrected chi connectivity index (χ4v) is 3.86. The highest BCUT2D eigenvalue weighted by Crippen LogP contribution is 2.27. The average molecular weight is 418 g/mol. The van der Waals surface area contributed by atoms with Crippen LogP contribution in [0.1, 0.15) is 45.7 Å². The van der Waals surface area contributed by atoms with Crippen LogP contribution in [0.3, 0.4) is 0 Å². The summed E-state index contributed by atoms with van der Waals surface area (Å²) in [6.45, 7) is 3.91. The molecule has 2 aromatic heterocycles. The van der Waals surface area contributed by atoms with Crippen LogP contribution in [0, 0.1) is 13.8 Å². The van der Waals surface area contributed by atoms with E-state index in [2.05, 4.69) is 10.3 Å². The number of pyridine rings is 1. The van der Waals surface area contributed by atoms with Crippen molar-refractivity contribution in [3.05, 3.63) is 70.7 Å². The number of carbonyl (C=O) groups is 2. The van der Waals surface area contributed by atoms with Crippen LogP contribution in [0.25, 0.3) is 5.69 Å². The number of hydrogen-bond donors (Lipinski definition) is 1. The highest BCUT2D eigenvalue weighted by atomic mass is 16.2. The van der Waals surface area contributed by atoms with Gasteiger partial charge in [0.1, 0.15) is 5.82 Å². The van der Waals surface area contributed by atoms with Crippen LogP contribution >= 0.6 is 0 Å². The van der Waals surface area contributed by atoms with E-state index in [0.717, 1.165) is 48.2 Å². The van der Waals surface area contributed by atoms with Crippen molar-refractivity contribution in [2.75, 3.05) is 18.9 Å². The van der Waals surface area contributed by atoms with Crippen molar-refractivity contribution in [3.8, 4) is 5.69 Å². The Morgan fingerprint density at radius 1 is 1.03 bits per heavy atom. The molecule has 0 spiro atoms. The molecule has 1 aromatic carbocycles. The molecule has 0 atom stereocenters. The molecule has 160 valence electrons. The third-order valence-electron chi connectivity index (χ3n) is 5.57. The molecule has 1 aliphatic carbocycles. The van der Waals surface area contributed by atoms with Gasteiger partial charge in [-0.25, -0.2) is 9.67 Å². The standard InChI is InChI=1S/C24H27N5O2/c1-16-8-11-18(12-9-16)29-20-7-5-4-6-19(20)23(27-29)24(31)28(3)15-22(30)26-21-13-10-17(2)14-25-21/h8-14H,4-7,15H2,1-3H3,(H,25,26,30). The van der Waals surface area contributed by atoms with Crippen molar-refractivity contribution in [1.82, 2.24) is 19.7 Å². The lowest BCUT2D eigenvalue weighted by atomic mass is 9.95. The fourth-order valence-electron chi connectivity index (χ4n) is 3.86. The Labute approximate surface area is 182 Å². The van der Waals surface area contributed by atoms with E-state index < -0.39 is 0 Å². The minimum Gasteiger partial charge on any atom is -0.331 e. The van der Waals surface area contributed by atoms with Gasteiger partial charge in [0, 0.05) is 24.5 Å². The smallest absolute Gasteiger partial charge is 0.274 e. The molecule has 1 aliphatic rings. The number of rotatable bonds is 5. The van der Waals surface area contributed by atoms with Crippen molar-refractivity contribution < 1.29 is 9.59 Å². The Morgan fingerprint density at radius 3 is 2.45 bits per heavy atom. The minimum atomic E-state index is -0.293. The summed E-state index contributed by atoms with van der Waals surface area (Å²) in [6, 6.07) is 11.8. The van der Waals surface area contributed by atoms with Gasteiger partial charge in [-0.05, 0) is 63.3 Å². The minimum absolute atomic E-state index is 0.0689. The van der Waals surface area contributed by atoms with Crippen LogP contribution in [0.4, 0.5) is 5.82 Å². The molecule has 3 aromatic rings. The van der Waals surface area contributed by atoms with E-state index in [1.165, 1.54) is 10.5 Å². The molecule has 0 saturated heterocycles. The quantitative estimate of drug-likeness (QED) is 0.689. The summed E-state index contributed by atoms with van der Waals surface area (Å²) in [5.41, 5.74) is 5.69. The monoisotopic (exact) mass is 417 g/mol. The van der Waals surface area contributed by atoms with Crippen LogP contribution in [0.2, 0.25) is 0 Å². The topological polar surface area (TPSA) is 80.1 Å². The lowest BCUT2D eigenvalue weighted by Gasteiger charge is -2.17. The predicted octanol–water partition coefficient (Wildman–Crippen LogP) is 3.47. The van der Waals surface area contributed by atoms with E-state index >= 15 is 0 Å². The van der Waals surface area contributed by atoms with Gasteiger partial charge >= 0.3 is 0 Å². The van der Waals surface area contributed by atoms with Gasteiger partial charge in [-0.1, -0.05) is 23.8 Å². The highest BCUT2D eigenvalue weighted by Gasteiger charge is 2.28. The van der Waals surface area contributed by atoms with E-state index in [9.17, 15) is 9.59 Å². The van der Waals surface area contributed by atoms with Crippen LogP contribution in [0.15, 0.2) is 42.6 Å². The van der Waals surface area contributed by atoms with Crippen molar-refractivity contribution in [2.45, 2.75) is 39.5 Å². The van der Waals surface area contributed by atoms with Gasteiger partial charge in [-0.2, -0.15) is 5.10 Å². The highest BCUT2D eigenvalue weighted by molar-refractivity contribution is 5.99. The molecular formula is C24H27N5O2. The first kappa shape index (κ1) is 20.8. The maximum absolute atomic E-state index is 13.2. The van der Waals surface area contributed by atoms with Gasteiger partial charge in [-0.15, -0.1) is 0 Å². The lowest BCUT2D eigenvalue weighted by molar-refractivity contribution is -0.116. The Bertz CT molecular complexity index is 1100. The van der Waals surface area contributed by atoms with Gasteiger partial charge in [0.2, 0.25) is 5.91 Å². The molecule has 4 rings (SSSR count). The number of aryl methyl sites for hydroxylation is 2. The van der Waals surface area contributed by atoms with Gasteiger partial charge in [0.05, 0.1) is 12.2 Å².